The summed E-state index contributed by atoms with van der Waals surface area (Å²) in [5, 5.41) is 10.4. The Kier molecular flexibility index (Phi) is 8.82. The van der Waals surface area contributed by atoms with E-state index in [1.165, 1.54) is 17.3 Å². The first-order valence-electron chi connectivity index (χ1n) is 13.5. The molecule has 2 aliphatic heterocycles. The summed E-state index contributed by atoms with van der Waals surface area (Å²) in [5.74, 6) is -0.132. The van der Waals surface area contributed by atoms with E-state index in [0.717, 1.165) is 55.6 Å². The minimum atomic E-state index is -0.132. The molecule has 39 heavy (non-hydrogen) atoms. The molecule has 204 valence electrons. The van der Waals surface area contributed by atoms with E-state index in [0.29, 0.717) is 34.4 Å². The molecule has 9 heteroatoms. The van der Waals surface area contributed by atoms with Gasteiger partial charge in [0, 0.05) is 51.2 Å². The zero-order chi connectivity index (χ0) is 27.4. The monoisotopic (exact) mass is 562 g/mol. The number of benzene rings is 2. The van der Waals surface area contributed by atoms with Crippen LogP contribution in [-0.2, 0) is 17.8 Å². The number of rotatable bonds is 9. The fourth-order valence-corrected chi connectivity index (χ4v) is 6.73. The van der Waals surface area contributed by atoms with E-state index in [4.69, 9.17) is 12.2 Å². The number of hydrogen-bond donors (Lipinski definition) is 1. The number of para-hydroxylation sites is 1. The Morgan fingerprint density at radius 1 is 0.974 bits per heavy atom. The molecule has 2 fully saturated rings. The van der Waals surface area contributed by atoms with E-state index in [2.05, 4.69) is 28.0 Å². The van der Waals surface area contributed by atoms with Gasteiger partial charge in [0.25, 0.3) is 11.5 Å². The van der Waals surface area contributed by atoms with Crippen molar-refractivity contribution in [2.45, 2.75) is 26.3 Å². The maximum Gasteiger partial charge on any atom is 0.266 e. The molecule has 0 radical (unpaired) electrons. The van der Waals surface area contributed by atoms with Gasteiger partial charge in [0.05, 0.1) is 28.3 Å². The van der Waals surface area contributed by atoms with Crippen molar-refractivity contribution >= 4 is 56.9 Å². The van der Waals surface area contributed by atoms with Crippen LogP contribution in [0.5, 0.6) is 0 Å². The van der Waals surface area contributed by atoms with E-state index in [1.807, 2.05) is 43.3 Å². The number of aryl methyl sites for hydroxylation is 2. The van der Waals surface area contributed by atoms with Crippen molar-refractivity contribution in [1.82, 2.24) is 14.4 Å². The van der Waals surface area contributed by atoms with Gasteiger partial charge in [-0.15, -0.1) is 0 Å². The number of nitrogens with zero attached hydrogens (tertiary/aromatic N) is 4. The summed E-state index contributed by atoms with van der Waals surface area (Å²) >= 11 is 6.88. The predicted molar refractivity (Wildman–Crippen MR) is 164 cm³/mol. The van der Waals surface area contributed by atoms with Crippen LogP contribution in [0.15, 0.2) is 64.3 Å². The first-order valence-corrected chi connectivity index (χ1v) is 14.8. The van der Waals surface area contributed by atoms with Crippen LogP contribution in [-0.4, -0.2) is 75.6 Å². The molecule has 0 saturated carbocycles. The highest BCUT2D eigenvalue weighted by Crippen LogP contribution is 2.36. The molecule has 0 spiro atoms. The lowest BCUT2D eigenvalue weighted by atomic mass is 10.0. The number of piperazine rings is 1. The van der Waals surface area contributed by atoms with Gasteiger partial charge in [0.2, 0.25) is 0 Å². The van der Waals surface area contributed by atoms with E-state index >= 15 is 0 Å². The summed E-state index contributed by atoms with van der Waals surface area (Å²) in [4.78, 5) is 34.0. The number of anilines is 1. The van der Waals surface area contributed by atoms with Crippen LogP contribution in [0, 0.1) is 0 Å². The topological polar surface area (TPSA) is 69.0 Å². The fraction of sp³-hybridized carbons (Fsp3) is 0.367. The fourth-order valence-electron chi connectivity index (χ4n) is 5.44. The van der Waals surface area contributed by atoms with Gasteiger partial charge in [-0.2, -0.15) is 0 Å². The number of pyridine rings is 1. The number of amides is 1. The number of thioether (sulfide) groups is 1. The number of aliphatic hydroxyl groups excluding tert-OH is 1. The largest absolute Gasteiger partial charge is 0.395 e. The van der Waals surface area contributed by atoms with Gasteiger partial charge in [-0.05, 0) is 37.5 Å². The van der Waals surface area contributed by atoms with Crippen LogP contribution >= 0.6 is 24.0 Å². The third-order valence-electron chi connectivity index (χ3n) is 7.44. The van der Waals surface area contributed by atoms with Crippen LogP contribution in [0.4, 0.5) is 5.69 Å². The highest BCUT2D eigenvalue weighted by atomic mass is 32.2. The SMILES string of the molecule is CCn1c(=O)c(C=C2SC(=S)N(CCCc3ccccc3)C2=O)c(N2CCN(CCO)CC2)c2ccccc21. The van der Waals surface area contributed by atoms with Crippen molar-refractivity contribution in [3.63, 3.8) is 0 Å². The standard InChI is InChI=1S/C30H34N4O3S2/c1-2-33-25-13-7-6-12-23(25)27(32-17-15-31(16-18-32)19-20-35)24(28(33)36)21-26-29(37)34(30(38)39-26)14-8-11-22-9-4-3-5-10-22/h3-7,9-10,12-13,21,35H,2,8,11,14-20H2,1H3. The average molecular weight is 563 g/mol. The van der Waals surface area contributed by atoms with Crippen molar-refractivity contribution in [2.75, 3.05) is 50.8 Å². The Bertz CT molecular complexity index is 1450. The van der Waals surface area contributed by atoms with E-state index in [-0.39, 0.29) is 18.1 Å². The molecule has 3 heterocycles. The van der Waals surface area contributed by atoms with Crippen molar-refractivity contribution < 1.29 is 9.90 Å². The summed E-state index contributed by atoms with van der Waals surface area (Å²) in [6, 6.07) is 18.2. The number of aliphatic hydroxyl groups is 1. The summed E-state index contributed by atoms with van der Waals surface area (Å²) in [7, 11) is 0. The Morgan fingerprint density at radius 2 is 1.69 bits per heavy atom. The number of carbonyl (C=O) groups is 1. The lowest BCUT2D eigenvalue weighted by Gasteiger charge is -2.37. The van der Waals surface area contributed by atoms with Gasteiger partial charge in [0.15, 0.2) is 0 Å². The minimum Gasteiger partial charge on any atom is -0.395 e. The number of hydrogen-bond acceptors (Lipinski definition) is 7. The predicted octanol–water partition coefficient (Wildman–Crippen LogP) is 3.97. The molecule has 7 nitrogen and oxygen atoms in total. The summed E-state index contributed by atoms with van der Waals surface area (Å²) in [6.07, 6.45) is 3.45. The minimum absolute atomic E-state index is 0.0988. The van der Waals surface area contributed by atoms with Gasteiger partial charge in [0.1, 0.15) is 4.32 Å². The molecule has 0 unspecified atom stereocenters. The van der Waals surface area contributed by atoms with Crippen LogP contribution < -0.4 is 10.5 Å². The molecule has 5 rings (SSSR count). The number of aromatic nitrogens is 1. The highest BCUT2D eigenvalue weighted by molar-refractivity contribution is 8.26. The number of thiocarbonyl (C=S) groups is 1. The molecule has 1 aromatic heterocycles. The third-order valence-corrected chi connectivity index (χ3v) is 8.82. The van der Waals surface area contributed by atoms with E-state index in [1.54, 1.807) is 15.5 Å². The molecule has 3 aromatic rings. The quantitative estimate of drug-likeness (QED) is 0.313. The zero-order valence-corrected chi connectivity index (χ0v) is 23.8. The Hall–Kier alpha value is -2.98. The average Bonchev–Trinajstić information content (AvgIpc) is 3.22. The molecule has 0 aliphatic carbocycles. The number of carbonyl (C=O) groups excluding carboxylic acids is 1. The maximum absolute atomic E-state index is 13.9. The normalized spacial score (nSPS) is 17.6. The smallest absolute Gasteiger partial charge is 0.266 e. The van der Waals surface area contributed by atoms with Crippen LogP contribution in [0.3, 0.4) is 0 Å². The van der Waals surface area contributed by atoms with Crippen molar-refractivity contribution in [1.29, 1.82) is 0 Å². The van der Waals surface area contributed by atoms with E-state index < -0.39 is 0 Å². The summed E-state index contributed by atoms with van der Waals surface area (Å²) in [6.45, 7) is 6.90. The molecule has 2 aromatic carbocycles. The summed E-state index contributed by atoms with van der Waals surface area (Å²) in [5.41, 5.74) is 3.44. The Morgan fingerprint density at radius 3 is 2.41 bits per heavy atom. The second-order valence-electron chi connectivity index (χ2n) is 9.80. The molecule has 1 amide bonds. The Balaban J connectivity index is 1.48. The van der Waals surface area contributed by atoms with E-state index in [9.17, 15) is 14.7 Å². The first kappa shape index (κ1) is 27.6. The Labute approximate surface area is 238 Å². The van der Waals surface area contributed by atoms with Crippen LogP contribution in [0.25, 0.3) is 17.0 Å². The molecular formula is C30H34N4O3S2. The van der Waals surface area contributed by atoms with Crippen molar-refractivity contribution in [2.24, 2.45) is 0 Å². The lowest BCUT2D eigenvalue weighted by molar-refractivity contribution is -0.122. The van der Waals surface area contributed by atoms with Gasteiger partial charge < -0.3 is 14.6 Å². The molecule has 2 saturated heterocycles. The number of fused-ring (bicyclic) bond motifs is 1. The molecule has 0 atom stereocenters. The summed E-state index contributed by atoms with van der Waals surface area (Å²) < 4.78 is 2.32. The zero-order valence-electron chi connectivity index (χ0n) is 22.2. The van der Waals surface area contributed by atoms with Crippen molar-refractivity contribution in [3.05, 3.63) is 81.0 Å². The van der Waals surface area contributed by atoms with Crippen LogP contribution in [0.2, 0.25) is 0 Å². The van der Waals surface area contributed by atoms with Gasteiger partial charge in [-0.3, -0.25) is 19.4 Å². The molecule has 0 bridgehead atoms. The van der Waals surface area contributed by atoms with Crippen molar-refractivity contribution in [3.8, 4) is 0 Å². The highest BCUT2D eigenvalue weighted by Gasteiger charge is 2.33. The van der Waals surface area contributed by atoms with Crippen LogP contribution in [0.1, 0.15) is 24.5 Å². The lowest BCUT2D eigenvalue weighted by Crippen LogP contribution is -2.48. The van der Waals surface area contributed by atoms with Gasteiger partial charge >= 0.3 is 0 Å². The molecule has 1 N–H and O–H groups in total. The first-order chi connectivity index (χ1) is 19.0. The van der Waals surface area contributed by atoms with Gasteiger partial charge in [-0.25, -0.2) is 0 Å². The number of β-amino-alcohol motifs (C(OH)–C–C–N with tert-alkyl or cyclic N) is 1. The maximum atomic E-state index is 13.9. The molecule has 2 aliphatic rings. The second-order valence-corrected chi connectivity index (χ2v) is 11.5. The third kappa shape index (κ3) is 5.82. The molecular weight excluding hydrogens is 528 g/mol. The second kappa shape index (κ2) is 12.5. The van der Waals surface area contributed by atoms with Gasteiger partial charge in [-0.1, -0.05) is 72.5 Å².